The third-order valence-corrected chi connectivity index (χ3v) is 7.39. The first-order chi connectivity index (χ1) is 17.4. The largest absolute Gasteiger partial charge is 0.492 e. The molecule has 7 heteroatoms. The van der Waals surface area contributed by atoms with Crippen molar-refractivity contribution in [3.05, 3.63) is 47.7 Å². The monoisotopic (exact) mass is 528 g/mol. The zero-order valence-electron chi connectivity index (χ0n) is 24.8. The lowest BCUT2D eigenvalue weighted by Crippen LogP contribution is -2.47. The molecular weight excluding hydrogens is 483 g/mol. The van der Waals surface area contributed by atoms with Crippen LogP contribution in [0.2, 0.25) is 0 Å². The first-order valence-corrected chi connectivity index (χ1v) is 13.4. The first kappa shape index (κ1) is 31.4. The van der Waals surface area contributed by atoms with Crippen molar-refractivity contribution in [2.75, 3.05) is 13.2 Å². The van der Waals surface area contributed by atoms with E-state index in [-0.39, 0.29) is 40.6 Å². The van der Waals surface area contributed by atoms with Crippen LogP contribution in [-0.4, -0.2) is 34.7 Å². The molecule has 1 unspecified atom stereocenters. The maximum atomic E-state index is 14.4. The van der Waals surface area contributed by atoms with E-state index in [9.17, 15) is 14.0 Å². The molecule has 0 N–H and O–H groups in total. The van der Waals surface area contributed by atoms with Crippen molar-refractivity contribution in [1.82, 2.24) is 9.97 Å². The van der Waals surface area contributed by atoms with Crippen LogP contribution >= 0.6 is 0 Å². The number of carbonyl (C=O) groups is 2. The number of Topliss-reactive ketones (excluding diaryl/α,β-unsaturated/α-hetero) is 2. The van der Waals surface area contributed by atoms with Gasteiger partial charge in [0.05, 0.1) is 19.4 Å². The number of carbonyl (C=O) groups excluding carboxylic acids is 2. The summed E-state index contributed by atoms with van der Waals surface area (Å²) in [4.78, 5) is 36.1. The lowest BCUT2D eigenvalue weighted by atomic mass is 9.59. The van der Waals surface area contributed by atoms with Gasteiger partial charge in [0.1, 0.15) is 11.4 Å². The molecule has 210 valence electrons. The lowest BCUT2D eigenvalue weighted by molar-refractivity contribution is 0.0411. The Morgan fingerprint density at radius 2 is 1.42 bits per heavy atom. The molecule has 2 aromatic rings. The highest BCUT2D eigenvalue weighted by molar-refractivity contribution is 6.08. The molecule has 6 nitrogen and oxygen atoms in total. The Morgan fingerprint density at radius 3 is 1.97 bits per heavy atom. The molecule has 0 aliphatic rings. The van der Waals surface area contributed by atoms with Gasteiger partial charge >= 0.3 is 0 Å². The van der Waals surface area contributed by atoms with Crippen LogP contribution in [0.25, 0.3) is 0 Å². The number of ether oxygens (including phenoxy) is 2. The zero-order valence-corrected chi connectivity index (χ0v) is 24.8. The fourth-order valence-electron chi connectivity index (χ4n) is 3.98. The third kappa shape index (κ3) is 7.84. The van der Waals surface area contributed by atoms with Crippen molar-refractivity contribution in [3.63, 3.8) is 0 Å². The predicted octanol–water partition coefficient (Wildman–Crippen LogP) is 7.75. The Hall–Kier alpha value is -2.83. The lowest BCUT2D eigenvalue weighted by Gasteiger charge is -2.41. The molecule has 0 saturated heterocycles. The molecule has 0 aliphatic heterocycles. The van der Waals surface area contributed by atoms with Crippen molar-refractivity contribution in [3.8, 4) is 11.6 Å². The number of rotatable bonds is 12. The van der Waals surface area contributed by atoms with Crippen LogP contribution in [-0.2, 0) is 0 Å². The molecule has 0 spiro atoms. The summed E-state index contributed by atoms with van der Waals surface area (Å²) < 4.78 is 25.9. The summed E-state index contributed by atoms with van der Waals surface area (Å²) >= 11 is 0. The molecule has 0 aliphatic carbocycles. The van der Waals surface area contributed by atoms with Crippen LogP contribution in [0.4, 0.5) is 4.39 Å². The Morgan fingerprint density at radius 1 is 0.842 bits per heavy atom. The van der Waals surface area contributed by atoms with Gasteiger partial charge in [0.15, 0.2) is 17.4 Å². The van der Waals surface area contributed by atoms with E-state index in [0.717, 1.165) is 6.42 Å². The van der Waals surface area contributed by atoms with Gasteiger partial charge < -0.3 is 9.47 Å². The fourth-order valence-corrected chi connectivity index (χ4v) is 3.98. The smallest absolute Gasteiger partial charge is 0.251 e. The van der Waals surface area contributed by atoms with Gasteiger partial charge in [-0.1, -0.05) is 69.2 Å². The summed E-state index contributed by atoms with van der Waals surface area (Å²) in [5, 5.41) is 0. The molecular formula is C31H45FN2O4. The fraction of sp³-hybridized carbons (Fsp3) is 0.613. The highest BCUT2D eigenvalue weighted by Crippen LogP contribution is 2.46. The minimum Gasteiger partial charge on any atom is -0.492 e. The minimum absolute atomic E-state index is 0.0129. The number of halogens is 1. The summed E-state index contributed by atoms with van der Waals surface area (Å²) in [7, 11) is 0. The van der Waals surface area contributed by atoms with Gasteiger partial charge in [0.25, 0.3) is 5.88 Å². The van der Waals surface area contributed by atoms with Crippen molar-refractivity contribution >= 4 is 11.6 Å². The molecule has 0 aromatic carbocycles. The van der Waals surface area contributed by atoms with E-state index in [2.05, 4.69) is 51.5 Å². The van der Waals surface area contributed by atoms with E-state index in [1.165, 1.54) is 18.3 Å². The highest BCUT2D eigenvalue weighted by Gasteiger charge is 2.51. The number of hydrogen-bond acceptors (Lipinski definition) is 6. The van der Waals surface area contributed by atoms with Gasteiger partial charge in [0, 0.05) is 22.6 Å². The molecule has 0 amide bonds. The summed E-state index contributed by atoms with van der Waals surface area (Å²) in [6, 6.07) is 4.22. The summed E-state index contributed by atoms with van der Waals surface area (Å²) in [5.74, 6) is -0.890. The second-order valence-electron chi connectivity index (χ2n) is 13.2. The summed E-state index contributed by atoms with van der Waals surface area (Å²) in [5.41, 5.74) is -1.67. The Balaban J connectivity index is 2.31. The molecule has 38 heavy (non-hydrogen) atoms. The number of aromatic nitrogens is 2. The van der Waals surface area contributed by atoms with Crippen LogP contribution in [0.5, 0.6) is 11.6 Å². The molecule has 0 bridgehead atoms. The van der Waals surface area contributed by atoms with E-state index in [4.69, 9.17) is 9.47 Å². The summed E-state index contributed by atoms with van der Waals surface area (Å²) in [6.07, 6.45) is 5.04. The van der Waals surface area contributed by atoms with Gasteiger partial charge in [-0.05, 0) is 48.3 Å². The topological polar surface area (TPSA) is 78.4 Å². The number of hydrogen-bond donors (Lipinski definition) is 0. The number of nitrogens with zero attached hydrogens (tertiary/aromatic N) is 2. The van der Waals surface area contributed by atoms with Crippen molar-refractivity contribution in [1.29, 1.82) is 0 Å². The molecule has 0 fully saturated rings. The Labute approximate surface area is 227 Å². The molecule has 2 rings (SSSR count). The number of ketones is 2. The highest BCUT2D eigenvalue weighted by atomic mass is 19.1. The third-order valence-electron chi connectivity index (χ3n) is 7.39. The minimum atomic E-state index is -1.16. The van der Waals surface area contributed by atoms with Gasteiger partial charge in [-0.2, -0.15) is 0 Å². The van der Waals surface area contributed by atoms with Crippen LogP contribution in [0, 0.1) is 27.5 Å². The van der Waals surface area contributed by atoms with Gasteiger partial charge in [-0.15, -0.1) is 0 Å². The van der Waals surface area contributed by atoms with Crippen LogP contribution in [0.3, 0.4) is 0 Å². The maximum absolute atomic E-state index is 14.4. The average Bonchev–Trinajstić information content (AvgIpc) is 2.82. The van der Waals surface area contributed by atoms with Crippen molar-refractivity contribution in [2.24, 2.45) is 21.7 Å². The zero-order chi connectivity index (χ0) is 28.9. The predicted molar refractivity (Wildman–Crippen MR) is 148 cm³/mol. The van der Waals surface area contributed by atoms with Gasteiger partial charge in [-0.3, -0.25) is 14.6 Å². The Bertz CT molecular complexity index is 1130. The molecule has 2 heterocycles. The van der Waals surface area contributed by atoms with E-state index in [1.54, 1.807) is 33.0 Å². The summed E-state index contributed by atoms with van der Waals surface area (Å²) in [6.45, 7) is 20.5. The van der Waals surface area contributed by atoms with Gasteiger partial charge in [-0.25, -0.2) is 9.37 Å². The van der Waals surface area contributed by atoms with Crippen LogP contribution < -0.4 is 9.47 Å². The number of pyridine rings is 2. The molecule has 0 saturated carbocycles. The second-order valence-corrected chi connectivity index (χ2v) is 13.2. The average molecular weight is 529 g/mol. The van der Waals surface area contributed by atoms with E-state index >= 15 is 0 Å². The SMILES string of the molecule is CCC(C)(C(=O)c1cncc(OCCC(C)(C)C)c1)C(C)(C)C(=O)c1ccc(F)c(OCCC(C)(C)C)n1. The van der Waals surface area contributed by atoms with Gasteiger partial charge in [0.2, 0.25) is 0 Å². The molecule has 1 atom stereocenters. The molecule has 0 radical (unpaired) electrons. The van der Waals surface area contributed by atoms with E-state index in [0.29, 0.717) is 30.8 Å². The second kappa shape index (κ2) is 11.9. The standard InChI is InChI=1S/C31H45FN2O4/c1-11-31(10,25(35)21-18-22(20-33-19-21)37-16-14-28(2,3)4)30(8,9)26(36)24-13-12-23(32)27(34-24)38-17-15-29(5,6)7/h12-13,18-20H,11,14-17H2,1-10H3. The van der Waals surface area contributed by atoms with Crippen molar-refractivity contribution in [2.45, 2.75) is 88.5 Å². The first-order valence-electron chi connectivity index (χ1n) is 13.4. The van der Waals surface area contributed by atoms with Crippen molar-refractivity contribution < 1.29 is 23.5 Å². The maximum Gasteiger partial charge on any atom is 0.251 e. The quantitative estimate of drug-likeness (QED) is 0.262. The van der Waals surface area contributed by atoms with Crippen LogP contribution in [0.15, 0.2) is 30.6 Å². The normalized spacial score (nSPS) is 14.1. The Kier molecular flexibility index (Phi) is 9.84. The van der Waals surface area contributed by atoms with Crippen LogP contribution in [0.1, 0.15) is 109 Å². The van der Waals surface area contributed by atoms with E-state index < -0.39 is 16.6 Å². The molecule has 2 aromatic heterocycles. The van der Waals surface area contributed by atoms with E-state index in [1.807, 2.05) is 6.92 Å².